The van der Waals surface area contributed by atoms with Crippen LogP contribution < -0.4 is 5.32 Å². The van der Waals surface area contributed by atoms with Gasteiger partial charge in [0.15, 0.2) is 0 Å². The van der Waals surface area contributed by atoms with E-state index in [1.54, 1.807) is 0 Å². The topological polar surface area (TPSA) is 55.6 Å². The van der Waals surface area contributed by atoms with Crippen molar-refractivity contribution in [1.29, 1.82) is 0 Å². The summed E-state index contributed by atoms with van der Waals surface area (Å²) in [6, 6.07) is 4.36. The molecule has 0 saturated carbocycles. The van der Waals surface area contributed by atoms with E-state index in [9.17, 15) is 0 Å². The predicted octanol–water partition coefficient (Wildman–Crippen LogP) is 1.39. The van der Waals surface area contributed by atoms with Crippen molar-refractivity contribution in [2.45, 2.75) is 19.4 Å². The molecule has 0 aliphatic carbocycles. The number of fused-ring (bicyclic) bond motifs is 1. The Morgan fingerprint density at radius 1 is 1.38 bits per heavy atom. The molecule has 3 rings (SSSR count). The molecule has 0 aromatic carbocycles. The molecular formula is C11H13N5. The largest absolute Gasteiger partial charge is 0.354 e. The summed E-state index contributed by atoms with van der Waals surface area (Å²) in [5.41, 5.74) is 1.24. The van der Waals surface area contributed by atoms with E-state index in [0.29, 0.717) is 0 Å². The van der Waals surface area contributed by atoms with E-state index in [-0.39, 0.29) is 6.04 Å². The zero-order valence-electron chi connectivity index (χ0n) is 9.09. The van der Waals surface area contributed by atoms with E-state index in [4.69, 9.17) is 0 Å². The fraction of sp³-hybridized carbons (Fsp3) is 0.364. The van der Waals surface area contributed by atoms with E-state index in [0.717, 1.165) is 24.7 Å². The van der Waals surface area contributed by atoms with E-state index in [2.05, 4.69) is 20.4 Å². The maximum atomic E-state index is 4.43. The lowest BCUT2D eigenvalue weighted by Crippen LogP contribution is -2.24. The standard InChI is InChI=1S/C11H13N5/c1-8-14-11-13-7-4-10(16(11)15-8)9-2-5-12-6-3-9/h2-3,5-6,10H,4,7H2,1H3,(H,13,14,15). The maximum absolute atomic E-state index is 4.43. The van der Waals surface area contributed by atoms with Crippen molar-refractivity contribution in [3.63, 3.8) is 0 Å². The molecule has 0 amide bonds. The first-order valence-electron chi connectivity index (χ1n) is 5.41. The molecule has 16 heavy (non-hydrogen) atoms. The van der Waals surface area contributed by atoms with Crippen molar-refractivity contribution in [1.82, 2.24) is 19.7 Å². The minimum atomic E-state index is 0.278. The molecule has 2 aromatic rings. The monoisotopic (exact) mass is 215 g/mol. The maximum Gasteiger partial charge on any atom is 0.221 e. The van der Waals surface area contributed by atoms with Crippen molar-refractivity contribution in [3.05, 3.63) is 35.9 Å². The van der Waals surface area contributed by atoms with Gasteiger partial charge >= 0.3 is 0 Å². The van der Waals surface area contributed by atoms with Crippen LogP contribution in [0.3, 0.4) is 0 Å². The molecule has 1 aliphatic heterocycles. The second-order valence-electron chi connectivity index (χ2n) is 3.94. The molecule has 0 bridgehead atoms. The van der Waals surface area contributed by atoms with E-state index in [1.807, 2.05) is 36.1 Å². The lowest BCUT2D eigenvalue weighted by atomic mass is 10.0. The summed E-state index contributed by atoms with van der Waals surface area (Å²) in [5, 5.41) is 7.69. The minimum absolute atomic E-state index is 0.278. The number of aryl methyl sites for hydroxylation is 1. The third kappa shape index (κ3) is 1.44. The second kappa shape index (κ2) is 3.59. The summed E-state index contributed by atoms with van der Waals surface area (Å²) >= 11 is 0. The highest BCUT2D eigenvalue weighted by Gasteiger charge is 2.23. The van der Waals surface area contributed by atoms with Gasteiger partial charge < -0.3 is 5.32 Å². The highest BCUT2D eigenvalue weighted by Crippen LogP contribution is 2.27. The Morgan fingerprint density at radius 2 is 2.19 bits per heavy atom. The number of nitrogens with one attached hydrogen (secondary N) is 1. The molecule has 0 spiro atoms. The van der Waals surface area contributed by atoms with Crippen LogP contribution in [-0.2, 0) is 0 Å². The lowest BCUT2D eigenvalue weighted by Gasteiger charge is -2.24. The van der Waals surface area contributed by atoms with E-state index < -0.39 is 0 Å². The zero-order valence-corrected chi connectivity index (χ0v) is 9.09. The first kappa shape index (κ1) is 9.33. The Morgan fingerprint density at radius 3 is 3.00 bits per heavy atom. The summed E-state index contributed by atoms with van der Waals surface area (Å²) in [4.78, 5) is 8.39. The fourth-order valence-corrected chi connectivity index (χ4v) is 2.10. The first-order valence-corrected chi connectivity index (χ1v) is 5.41. The highest BCUT2D eigenvalue weighted by atomic mass is 15.4. The fourth-order valence-electron chi connectivity index (χ4n) is 2.10. The molecule has 1 N–H and O–H groups in total. The average Bonchev–Trinajstić information content (AvgIpc) is 2.70. The first-order chi connectivity index (χ1) is 7.84. The van der Waals surface area contributed by atoms with Gasteiger partial charge in [-0.15, -0.1) is 0 Å². The normalized spacial score (nSPS) is 18.9. The van der Waals surface area contributed by atoms with Crippen molar-refractivity contribution < 1.29 is 0 Å². The average molecular weight is 215 g/mol. The Bertz CT molecular complexity index is 490. The third-order valence-electron chi connectivity index (χ3n) is 2.82. The molecule has 0 radical (unpaired) electrons. The predicted molar refractivity (Wildman–Crippen MR) is 60.2 cm³/mol. The number of rotatable bonds is 1. The van der Waals surface area contributed by atoms with E-state index >= 15 is 0 Å². The SMILES string of the molecule is Cc1nc2n(n1)C(c1ccncc1)CCN2. The number of hydrogen-bond donors (Lipinski definition) is 1. The molecule has 5 heteroatoms. The molecular weight excluding hydrogens is 202 g/mol. The van der Waals surface area contributed by atoms with Crippen molar-refractivity contribution in [2.24, 2.45) is 0 Å². The van der Waals surface area contributed by atoms with Crippen LogP contribution >= 0.6 is 0 Å². The minimum Gasteiger partial charge on any atom is -0.354 e. The van der Waals surface area contributed by atoms with Gasteiger partial charge in [-0.3, -0.25) is 4.98 Å². The van der Waals surface area contributed by atoms with Crippen molar-refractivity contribution in [3.8, 4) is 0 Å². The van der Waals surface area contributed by atoms with Gasteiger partial charge in [0.1, 0.15) is 5.82 Å². The van der Waals surface area contributed by atoms with Gasteiger partial charge in [0.05, 0.1) is 6.04 Å². The molecule has 2 aromatic heterocycles. The third-order valence-corrected chi connectivity index (χ3v) is 2.82. The van der Waals surface area contributed by atoms with E-state index in [1.165, 1.54) is 5.56 Å². The summed E-state index contributed by atoms with van der Waals surface area (Å²) in [7, 11) is 0. The molecule has 3 heterocycles. The quantitative estimate of drug-likeness (QED) is 0.781. The van der Waals surface area contributed by atoms with Crippen LogP contribution in [0.4, 0.5) is 5.95 Å². The van der Waals surface area contributed by atoms with Crippen LogP contribution in [0.2, 0.25) is 0 Å². The smallest absolute Gasteiger partial charge is 0.221 e. The second-order valence-corrected chi connectivity index (χ2v) is 3.94. The number of anilines is 1. The molecule has 1 atom stereocenters. The Kier molecular flexibility index (Phi) is 2.09. The van der Waals surface area contributed by atoms with Crippen LogP contribution in [0.25, 0.3) is 0 Å². The number of hydrogen-bond acceptors (Lipinski definition) is 4. The van der Waals surface area contributed by atoms with Crippen LogP contribution in [0.15, 0.2) is 24.5 Å². The van der Waals surface area contributed by atoms with Gasteiger partial charge in [0.25, 0.3) is 0 Å². The van der Waals surface area contributed by atoms with Gasteiger partial charge in [-0.1, -0.05) is 0 Å². The van der Waals surface area contributed by atoms with Gasteiger partial charge in [-0.25, -0.2) is 4.68 Å². The van der Waals surface area contributed by atoms with Crippen LogP contribution in [-0.4, -0.2) is 26.3 Å². The molecule has 0 fully saturated rings. The van der Waals surface area contributed by atoms with Crippen LogP contribution in [0.5, 0.6) is 0 Å². The van der Waals surface area contributed by atoms with Crippen molar-refractivity contribution in [2.75, 3.05) is 11.9 Å². The lowest BCUT2D eigenvalue weighted by molar-refractivity contribution is 0.478. The highest BCUT2D eigenvalue weighted by molar-refractivity contribution is 5.31. The van der Waals surface area contributed by atoms with Gasteiger partial charge in [-0.05, 0) is 31.0 Å². The Balaban J connectivity index is 2.05. The summed E-state index contributed by atoms with van der Waals surface area (Å²) in [5.74, 6) is 1.68. The van der Waals surface area contributed by atoms with Crippen LogP contribution in [0.1, 0.15) is 23.9 Å². The van der Waals surface area contributed by atoms with Crippen LogP contribution in [0, 0.1) is 6.92 Å². The molecule has 82 valence electrons. The molecule has 0 saturated heterocycles. The van der Waals surface area contributed by atoms with Gasteiger partial charge in [0.2, 0.25) is 5.95 Å². The Labute approximate surface area is 93.5 Å². The van der Waals surface area contributed by atoms with Gasteiger partial charge in [0, 0.05) is 18.9 Å². The number of nitrogens with zero attached hydrogens (tertiary/aromatic N) is 4. The van der Waals surface area contributed by atoms with Gasteiger partial charge in [-0.2, -0.15) is 10.1 Å². The zero-order chi connectivity index (χ0) is 11.0. The summed E-state index contributed by atoms with van der Waals surface area (Å²) in [6.07, 6.45) is 4.67. The molecule has 1 unspecified atom stereocenters. The molecule has 5 nitrogen and oxygen atoms in total. The molecule has 1 aliphatic rings. The number of aromatic nitrogens is 4. The Hall–Kier alpha value is -1.91. The summed E-state index contributed by atoms with van der Waals surface area (Å²) < 4.78 is 1.97. The summed E-state index contributed by atoms with van der Waals surface area (Å²) in [6.45, 7) is 2.85. The van der Waals surface area contributed by atoms with Crippen molar-refractivity contribution >= 4 is 5.95 Å². The number of pyridine rings is 1.